The van der Waals surface area contributed by atoms with E-state index in [1.165, 1.54) is 26.5 Å². The first-order valence-electron chi connectivity index (χ1n) is 25.9. The number of pyridine rings is 4. The van der Waals surface area contributed by atoms with Crippen molar-refractivity contribution in [3.63, 3.8) is 0 Å². The second-order valence-electron chi connectivity index (χ2n) is 19.6. The van der Waals surface area contributed by atoms with Crippen LogP contribution in [0.15, 0.2) is 267 Å². The van der Waals surface area contributed by atoms with Gasteiger partial charge in [-0.1, -0.05) is 109 Å². The zero-order valence-corrected chi connectivity index (χ0v) is 46.1. The molecule has 0 amide bonds. The van der Waals surface area contributed by atoms with E-state index >= 15 is 0 Å². The SMILES string of the molecule is S=P(c1ccccc1)(c1ccccc1)c1ccc2nc3c4ccccc4n4c5ccccc5nc4c3cc2c1.[Se]=P(c1ccccc1)(c1ccccc1)c1ccc2nc3c4ccccc4n4c5ccccc5nc4c3cc2c1. The van der Waals surface area contributed by atoms with E-state index in [4.69, 9.17) is 31.7 Å². The van der Waals surface area contributed by atoms with E-state index in [1.54, 1.807) is 0 Å². The summed E-state index contributed by atoms with van der Waals surface area (Å²) < 4.78 is 4.55. The Morgan fingerprint density at radius 2 is 0.654 bits per heavy atom. The van der Waals surface area contributed by atoms with Gasteiger partial charge in [0.25, 0.3) is 0 Å². The number of nitrogens with zero attached hydrogens (tertiary/aromatic N) is 6. The molecule has 0 bridgehead atoms. The van der Waals surface area contributed by atoms with E-state index in [0.717, 1.165) is 104 Å². The Balaban J connectivity index is 0.000000136. The number of fused-ring (bicyclic) bond motifs is 18. The van der Waals surface area contributed by atoms with Gasteiger partial charge in [-0.05, 0) is 52.3 Å². The van der Waals surface area contributed by atoms with E-state index in [-0.39, 0.29) is 0 Å². The normalized spacial score (nSPS) is 12.2. The fourth-order valence-electron chi connectivity index (χ4n) is 11.6. The predicted octanol–water partition coefficient (Wildman–Crippen LogP) is 13.8. The molecule has 0 atom stereocenters. The predicted molar refractivity (Wildman–Crippen MR) is 337 cm³/mol. The van der Waals surface area contributed by atoms with Crippen molar-refractivity contribution in [1.82, 2.24) is 28.7 Å². The molecule has 368 valence electrons. The number of aromatic nitrogens is 6. The van der Waals surface area contributed by atoms with Crippen molar-refractivity contribution >= 4 is 169 Å². The minimum atomic E-state index is -2.27. The summed E-state index contributed by atoms with van der Waals surface area (Å²) in [6.07, 6.45) is 0. The Morgan fingerprint density at radius 1 is 0.295 bits per heavy atom. The van der Waals surface area contributed by atoms with Gasteiger partial charge in [0.2, 0.25) is 0 Å². The van der Waals surface area contributed by atoms with Gasteiger partial charge in [-0.25, -0.2) is 9.97 Å². The Morgan fingerprint density at radius 3 is 1.10 bits per heavy atom. The number of rotatable bonds is 6. The third-order valence-corrected chi connectivity index (χ3v) is 27.2. The van der Waals surface area contributed by atoms with Crippen LogP contribution in [0, 0.1) is 0 Å². The molecule has 6 aromatic heterocycles. The summed E-state index contributed by atoms with van der Waals surface area (Å²) in [4.78, 5) is 20.6. The zero-order valence-electron chi connectivity index (χ0n) is 41.8. The van der Waals surface area contributed by atoms with Gasteiger partial charge in [0.15, 0.2) is 0 Å². The van der Waals surface area contributed by atoms with E-state index in [0.29, 0.717) is 0 Å². The molecule has 0 spiro atoms. The average molecular weight is 1120 g/mol. The van der Waals surface area contributed by atoms with Gasteiger partial charge in [0.1, 0.15) is 5.65 Å². The van der Waals surface area contributed by atoms with Crippen LogP contribution in [0.25, 0.3) is 98.8 Å². The maximum atomic E-state index is 6.62. The fraction of sp³-hybridized carbons (Fsp3) is 0. The molecule has 0 saturated carbocycles. The maximum absolute atomic E-state index is 6.62. The van der Waals surface area contributed by atoms with Gasteiger partial charge in [-0.15, -0.1) is 0 Å². The summed E-state index contributed by atoms with van der Waals surface area (Å²) in [7, 11) is 0. The number of hydrogen-bond acceptors (Lipinski definition) is 5. The zero-order chi connectivity index (χ0) is 52.0. The molecular weight excluding hydrogens is 1070 g/mol. The van der Waals surface area contributed by atoms with Crippen molar-refractivity contribution in [1.29, 1.82) is 0 Å². The van der Waals surface area contributed by atoms with Gasteiger partial charge in [0, 0.05) is 22.2 Å². The summed E-state index contributed by atoms with van der Waals surface area (Å²) >= 11 is 10.3. The second kappa shape index (κ2) is 18.6. The van der Waals surface area contributed by atoms with Gasteiger partial charge >= 0.3 is 234 Å². The number of para-hydroxylation sites is 6. The van der Waals surface area contributed by atoms with Crippen LogP contribution >= 0.6 is 11.5 Å². The van der Waals surface area contributed by atoms with Crippen molar-refractivity contribution < 1.29 is 0 Å². The Labute approximate surface area is 461 Å². The molecule has 78 heavy (non-hydrogen) atoms. The molecule has 6 nitrogen and oxygen atoms in total. The van der Waals surface area contributed by atoms with Crippen molar-refractivity contribution in [3.8, 4) is 0 Å². The molecule has 0 saturated heterocycles. The number of hydrogen-bond donors (Lipinski definition) is 0. The molecule has 0 aliphatic carbocycles. The Bertz CT molecular complexity index is 4750. The van der Waals surface area contributed by atoms with Crippen LogP contribution in [-0.4, -0.2) is 43.8 Å². The standard InChI is InChI=1S/C34H22N3PS.C34H22N3PSe/c2*39-38(24-11-3-1-4-12-24,25-13-5-2-6-14-25)26-19-20-29-23(21-26)22-28-33(35-29)27-15-7-9-17-31(27)37-32-18-10-8-16-30(32)36-34(28)37/h2*1-22H. The van der Waals surface area contributed by atoms with Crippen LogP contribution in [0.1, 0.15) is 0 Å². The molecular formula is C68H44N6P2SSe. The second-order valence-corrected chi connectivity index (χ2v) is 30.3. The summed E-state index contributed by atoms with van der Waals surface area (Å²) in [6.45, 7) is 0. The van der Waals surface area contributed by atoms with Gasteiger partial charge < -0.3 is 0 Å². The first-order chi connectivity index (χ1) is 38.4. The molecule has 6 heterocycles. The molecule has 0 N–H and O–H groups in total. The molecule has 0 aliphatic rings. The molecule has 0 unspecified atom stereocenters. The first-order valence-corrected chi connectivity index (χ1v) is 32.7. The average Bonchev–Trinajstić information content (AvgIpc) is 4.28. The van der Waals surface area contributed by atoms with Crippen LogP contribution in [-0.2, 0) is 11.8 Å². The summed E-state index contributed by atoms with van der Waals surface area (Å²) in [5.74, 6) is 0. The van der Waals surface area contributed by atoms with Gasteiger partial charge in [0.05, 0.1) is 27.6 Å². The van der Waals surface area contributed by atoms with Crippen molar-refractivity contribution in [3.05, 3.63) is 267 Å². The minimum absolute atomic E-state index is 0.926. The monoisotopic (exact) mass is 1120 g/mol. The Kier molecular flexibility index (Phi) is 11.2. The van der Waals surface area contributed by atoms with Crippen LogP contribution in [0.4, 0.5) is 0 Å². The van der Waals surface area contributed by atoms with Gasteiger partial charge in [-0.2, -0.15) is 0 Å². The van der Waals surface area contributed by atoms with Crippen molar-refractivity contribution in [2.24, 2.45) is 0 Å². The molecule has 0 aliphatic heterocycles. The van der Waals surface area contributed by atoms with Crippen LogP contribution in [0.2, 0.25) is 0 Å². The van der Waals surface area contributed by atoms with E-state index < -0.39 is 11.5 Å². The first kappa shape index (κ1) is 46.8. The van der Waals surface area contributed by atoms with Gasteiger partial charge in [-0.3, -0.25) is 4.40 Å². The Hall–Kier alpha value is -8.44. The van der Waals surface area contributed by atoms with Crippen LogP contribution in [0.5, 0.6) is 0 Å². The molecule has 0 radical (unpaired) electrons. The van der Waals surface area contributed by atoms with Crippen LogP contribution in [0.3, 0.4) is 0 Å². The van der Waals surface area contributed by atoms with E-state index in [9.17, 15) is 0 Å². The summed E-state index contributed by atoms with van der Waals surface area (Å²) in [5, 5.41) is 14.0. The summed E-state index contributed by atoms with van der Waals surface area (Å²) in [6, 6.07) is 92.1. The third-order valence-electron chi connectivity index (χ3n) is 15.2. The molecule has 10 heteroatoms. The van der Waals surface area contributed by atoms with Crippen molar-refractivity contribution in [2.45, 2.75) is 0 Å². The van der Waals surface area contributed by atoms with Crippen LogP contribution < -0.4 is 31.8 Å². The number of imidazole rings is 2. The molecule has 10 aromatic carbocycles. The molecule has 16 aromatic rings. The van der Waals surface area contributed by atoms with Crippen molar-refractivity contribution in [2.75, 3.05) is 0 Å². The number of benzene rings is 10. The van der Waals surface area contributed by atoms with E-state index in [2.05, 4.69) is 279 Å². The molecule has 0 fully saturated rings. The quantitative estimate of drug-likeness (QED) is 0.0719. The third kappa shape index (κ3) is 7.37. The summed E-state index contributed by atoms with van der Waals surface area (Å²) in [5.41, 5.74) is 10.2. The topological polar surface area (TPSA) is 60.4 Å². The fourth-order valence-corrected chi connectivity index (χ4v) is 20.2. The molecule has 16 rings (SSSR count). The van der Waals surface area contributed by atoms with E-state index in [1.807, 2.05) is 12.1 Å².